The zero-order valence-corrected chi connectivity index (χ0v) is 31.5. The van der Waals surface area contributed by atoms with Crippen LogP contribution in [0, 0.1) is 10.1 Å². The highest BCUT2D eigenvalue weighted by molar-refractivity contribution is 6.74. The number of benzene rings is 1. The molecule has 11 nitrogen and oxygen atoms in total. The fourth-order valence-corrected chi connectivity index (χ4v) is 7.99. The summed E-state index contributed by atoms with van der Waals surface area (Å²) in [5.74, 6) is 1.75. The van der Waals surface area contributed by atoms with Crippen LogP contribution in [0.25, 0.3) is 11.4 Å². The predicted molar refractivity (Wildman–Crippen MR) is 188 cm³/mol. The van der Waals surface area contributed by atoms with Gasteiger partial charge in [0.15, 0.2) is 22.5 Å². The molecule has 1 aromatic carbocycles. The molecular formula is C33H54N6O5Si2. The van der Waals surface area contributed by atoms with E-state index in [9.17, 15) is 10.1 Å². The van der Waals surface area contributed by atoms with Crippen molar-refractivity contribution >= 4 is 34.2 Å². The molecule has 254 valence electrons. The summed E-state index contributed by atoms with van der Waals surface area (Å²) in [6.45, 7) is 25.5. The summed E-state index contributed by atoms with van der Waals surface area (Å²) in [6.07, 6.45) is 4.33. The normalized spacial score (nSPS) is 24.1. The van der Waals surface area contributed by atoms with Crippen molar-refractivity contribution < 1.29 is 18.5 Å². The van der Waals surface area contributed by atoms with E-state index in [1.165, 1.54) is 12.1 Å². The van der Waals surface area contributed by atoms with Gasteiger partial charge in [-0.3, -0.25) is 10.1 Å². The molecule has 3 aliphatic heterocycles. The molecule has 2 bridgehead atoms. The Bertz CT molecular complexity index is 1340. The Kier molecular flexibility index (Phi) is 9.75. The SMILES string of the molecule is CC(C)(C)[Si](C)(C)OCC1CCC(CO[Si](C)(C)C(C)(C)C)N1c1nc(-c2ccc([N+](=O)[O-])cc2)nc(N2CC3CCC(C2)O3)n1. The second-order valence-electron chi connectivity index (χ2n) is 16.4. The molecule has 13 heteroatoms. The number of fused-ring (bicyclic) bond motifs is 2. The van der Waals surface area contributed by atoms with Gasteiger partial charge in [-0.05, 0) is 74.1 Å². The maximum Gasteiger partial charge on any atom is 0.269 e. The summed E-state index contributed by atoms with van der Waals surface area (Å²) in [5.41, 5.74) is 0.752. The Morgan fingerprint density at radius 1 is 0.804 bits per heavy atom. The minimum Gasteiger partial charge on any atom is -0.415 e. The molecule has 0 N–H and O–H groups in total. The van der Waals surface area contributed by atoms with Crippen molar-refractivity contribution in [3.63, 3.8) is 0 Å². The third kappa shape index (κ3) is 7.48. The van der Waals surface area contributed by atoms with Crippen molar-refractivity contribution in [2.45, 2.75) is 128 Å². The van der Waals surface area contributed by atoms with E-state index in [-0.39, 0.29) is 45.0 Å². The number of hydrogen-bond acceptors (Lipinski definition) is 10. The lowest BCUT2D eigenvalue weighted by Crippen LogP contribution is -2.49. The summed E-state index contributed by atoms with van der Waals surface area (Å²) >= 11 is 0. The zero-order valence-electron chi connectivity index (χ0n) is 29.5. The van der Waals surface area contributed by atoms with E-state index in [0.717, 1.165) is 38.8 Å². The van der Waals surface area contributed by atoms with Crippen molar-refractivity contribution in [2.75, 3.05) is 36.1 Å². The van der Waals surface area contributed by atoms with Crippen LogP contribution in [0.2, 0.25) is 36.3 Å². The minimum atomic E-state index is -2.00. The van der Waals surface area contributed by atoms with E-state index in [2.05, 4.69) is 77.5 Å². The van der Waals surface area contributed by atoms with Crippen molar-refractivity contribution in [1.29, 1.82) is 0 Å². The van der Waals surface area contributed by atoms with Crippen LogP contribution in [0.4, 0.5) is 17.6 Å². The summed E-state index contributed by atoms with van der Waals surface area (Å²) < 4.78 is 19.8. The molecule has 4 atom stereocenters. The number of nitro benzene ring substituents is 1. The standard InChI is InChI=1S/C33H54N6O5Si2/c1-32(2,3)45(7,8)42-21-25-15-16-26(22-43-46(9,10)33(4,5)6)38(25)31-35-29(23-11-13-24(14-12-23)39(40)41)34-30(36-31)37-19-27-17-18-28(20-37)44-27/h11-14,25-28H,15-22H2,1-10H3. The third-order valence-corrected chi connectivity index (χ3v) is 20.0. The fourth-order valence-electron chi connectivity index (χ4n) is 5.91. The molecule has 2 aromatic rings. The third-order valence-electron chi connectivity index (χ3n) is 11.0. The highest BCUT2D eigenvalue weighted by Crippen LogP contribution is 2.40. The van der Waals surface area contributed by atoms with Crippen LogP contribution in [-0.2, 0) is 13.6 Å². The highest BCUT2D eigenvalue weighted by Gasteiger charge is 2.44. The van der Waals surface area contributed by atoms with Crippen LogP contribution in [-0.4, -0.2) is 87.1 Å². The molecule has 4 heterocycles. The average molecular weight is 671 g/mol. The number of nitrogens with zero attached hydrogens (tertiary/aromatic N) is 6. The first-order chi connectivity index (χ1) is 21.3. The van der Waals surface area contributed by atoms with Gasteiger partial charge in [0.25, 0.3) is 5.69 Å². The number of ether oxygens (including phenoxy) is 1. The number of aromatic nitrogens is 3. The molecule has 46 heavy (non-hydrogen) atoms. The zero-order chi connectivity index (χ0) is 33.7. The van der Waals surface area contributed by atoms with Gasteiger partial charge in [0.2, 0.25) is 11.9 Å². The van der Waals surface area contributed by atoms with E-state index in [1.807, 2.05) is 0 Å². The van der Waals surface area contributed by atoms with Gasteiger partial charge in [0, 0.05) is 30.8 Å². The van der Waals surface area contributed by atoms with Crippen LogP contribution < -0.4 is 9.80 Å². The van der Waals surface area contributed by atoms with E-state index >= 15 is 0 Å². The topological polar surface area (TPSA) is 116 Å². The summed E-state index contributed by atoms with van der Waals surface area (Å²) in [7, 11) is -4.01. The minimum absolute atomic E-state index is 0.0354. The van der Waals surface area contributed by atoms with E-state index in [0.29, 0.717) is 36.5 Å². The second kappa shape index (κ2) is 12.9. The van der Waals surface area contributed by atoms with Crippen LogP contribution in [0.15, 0.2) is 24.3 Å². The van der Waals surface area contributed by atoms with Gasteiger partial charge in [-0.1, -0.05) is 41.5 Å². The van der Waals surface area contributed by atoms with Gasteiger partial charge < -0.3 is 23.4 Å². The smallest absolute Gasteiger partial charge is 0.269 e. The summed E-state index contributed by atoms with van der Waals surface area (Å²) in [4.78, 5) is 30.8. The molecule has 0 radical (unpaired) electrons. The highest BCUT2D eigenvalue weighted by atomic mass is 28.4. The molecule has 3 saturated heterocycles. The average Bonchev–Trinajstić information content (AvgIpc) is 3.55. The van der Waals surface area contributed by atoms with Gasteiger partial charge in [0.05, 0.1) is 42.4 Å². The molecule has 0 aliphatic carbocycles. The molecule has 0 saturated carbocycles. The monoisotopic (exact) mass is 670 g/mol. The van der Waals surface area contributed by atoms with E-state index in [1.54, 1.807) is 12.1 Å². The van der Waals surface area contributed by atoms with Crippen LogP contribution in [0.5, 0.6) is 0 Å². The molecule has 3 aliphatic rings. The molecule has 5 rings (SSSR count). The molecule has 1 aromatic heterocycles. The quantitative estimate of drug-likeness (QED) is 0.146. The first kappa shape index (κ1) is 34.9. The van der Waals surface area contributed by atoms with Crippen LogP contribution >= 0.6 is 0 Å². The Morgan fingerprint density at radius 3 is 1.74 bits per heavy atom. The maximum atomic E-state index is 11.4. The van der Waals surface area contributed by atoms with E-state index < -0.39 is 16.6 Å². The Hall–Kier alpha value is -2.46. The largest absolute Gasteiger partial charge is 0.415 e. The molecule has 4 unspecified atom stereocenters. The first-order valence-electron chi connectivity index (χ1n) is 16.8. The van der Waals surface area contributed by atoms with Crippen molar-refractivity contribution in [3.05, 3.63) is 34.4 Å². The number of morpholine rings is 1. The molecule has 3 fully saturated rings. The lowest BCUT2D eigenvalue weighted by Gasteiger charge is -2.40. The van der Waals surface area contributed by atoms with Crippen molar-refractivity contribution in [2.24, 2.45) is 0 Å². The predicted octanol–water partition coefficient (Wildman–Crippen LogP) is 7.20. The Morgan fingerprint density at radius 2 is 1.28 bits per heavy atom. The summed E-state index contributed by atoms with van der Waals surface area (Å²) in [5, 5.41) is 11.6. The van der Waals surface area contributed by atoms with Crippen LogP contribution in [0.3, 0.4) is 0 Å². The molecule has 0 amide bonds. The molecule has 0 spiro atoms. The van der Waals surface area contributed by atoms with Gasteiger partial charge in [-0.25, -0.2) is 0 Å². The number of hydrogen-bond donors (Lipinski definition) is 0. The Labute approximate surface area is 276 Å². The number of nitro groups is 1. The van der Waals surface area contributed by atoms with Gasteiger partial charge in [0.1, 0.15) is 0 Å². The van der Waals surface area contributed by atoms with Crippen molar-refractivity contribution in [3.8, 4) is 11.4 Å². The van der Waals surface area contributed by atoms with E-state index in [4.69, 9.17) is 28.5 Å². The second-order valence-corrected chi connectivity index (χ2v) is 26.0. The first-order valence-corrected chi connectivity index (χ1v) is 22.6. The Balaban J connectivity index is 1.54. The van der Waals surface area contributed by atoms with Gasteiger partial charge in [-0.15, -0.1) is 0 Å². The maximum absolute atomic E-state index is 11.4. The lowest BCUT2D eigenvalue weighted by molar-refractivity contribution is -0.384. The van der Waals surface area contributed by atoms with Gasteiger partial charge >= 0.3 is 0 Å². The van der Waals surface area contributed by atoms with Crippen LogP contribution in [0.1, 0.15) is 67.2 Å². The summed E-state index contributed by atoms with van der Waals surface area (Å²) in [6, 6.07) is 6.64. The lowest BCUT2D eigenvalue weighted by atomic mass is 10.2. The van der Waals surface area contributed by atoms with Gasteiger partial charge in [-0.2, -0.15) is 15.0 Å². The molecular weight excluding hydrogens is 617 g/mol. The number of non-ortho nitro benzene ring substituents is 1. The number of anilines is 2. The van der Waals surface area contributed by atoms with Crippen molar-refractivity contribution in [1.82, 2.24) is 15.0 Å². The number of rotatable bonds is 10. The fraction of sp³-hybridized carbons (Fsp3) is 0.727.